The van der Waals surface area contributed by atoms with Crippen LogP contribution in [0.25, 0.3) is 21.8 Å². The number of para-hydroxylation sites is 2. The number of hydrogen-bond donors (Lipinski definition) is 7. The van der Waals surface area contributed by atoms with Gasteiger partial charge >= 0.3 is 5.97 Å². The second-order valence-corrected chi connectivity index (χ2v) is 10.6. The summed E-state index contributed by atoms with van der Waals surface area (Å²) in [6.07, 6.45) is 3.71. The summed E-state index contributed by atoms with van der Waals surface area (Å²) in [4.78, 5) is 57.8. The summed E-state index contributed by atoms with van der Waals surface area (Å²) in [5, 5.41) is 19.7. The fourth-order valence-corrected chi connectivity index (χ4v) is 4.80. The number of nitrogens with one attached hydrogen (secondary N) is 5. The zero-order valence-electron chi connectivity index (χ0n) is 23.2. The van der Waals surface area contributed by atoms with Crippen molar-refractivity contribution in [3.8, 4) is 0 Å². The van der Waals surface area contributed by atoms with Crippen molar-refractivity contribution < 1.29 is 24.3 Å². The van der Waals surface area contributed by atoms with E-state index in [0.29, 0.717) is 0 Å². The van der Waals surface area contributed by atoms with Gasteiger partial charge in [0.2, 0.25) is 17.7 Å². The second kappa shape index (κ2) is 12.7. The van der Waals surface area contributed by atoms with Crippen LogP contribution in [0, 0.1) is 5.92 Å². The lowest BCUT2D eigenvalue weighted by atomic mass is 9.99. The van der Waals surface area contributed by atoms with E-state index >= 15 is 0 Å². The predicted octanol–water partition coefficient (Wildman–Crippen LogP) is 1.98. The van der Waals surface area contributed by atoms with Gasteiger partial charge in [-0.3, -0.25) is 14.4 Å². The number of nitrogens with two attached hydrogens (primary N) is 1. The van der Waals surface area contributed by atoms with Crippen molar-refractivity contribution in [1.29, 1.82) is 0 Å². The molecule has 4 unspecified atom stereocenters. The number of carbonyl (C=O) groups excluding carboxylic acids is 3. The van der Waals surface area contributed by atoms with E-state index in [9.17, 15) is 24.3 Å². The molecule has 41 heavy (non-hydrogen) atoms. The summed E-state index contributed by atoms with van der Waals surface area (Å²) in [7, 11) is 0. The van der Waals surface area contributed by atoms with Crippen LogP contribution in [0.2, 0.25) is 0 Å². The Balaban J connectivity index is 1.51. The molecule has 4 rings (SSSR count). The third-order valence-corrected chi connectivity index (χ3v) is 7.11. The molecule has 0 aliphatic carbocycles. The van der Waals surface area contributed by atoms with Crippen LogP contribution >= 0.6 is 0 Å². The van der Waals surface area contributed by atoms with Crippen LogP contribution in [-0.2, 0) is 32.0 Å². The van der Waals surface area contributed by atoms with Crippen LogP contribution in [-0.4, -0.2) is 62.9 Å². The van der Waals surface area contributed by atoms with Crippen molar-refractivity contribution in [3.63, 3.8) is 0 Å². The van der Waals surface area contributed by atoms with Crippen LogP contribution in [0.1, 0.15) is 31.9 Å². The lowest BCUT2D eigenvalue weighted by Gasteiger charge is -2.27. The molecule has 0 spiro atoms. The fraction of sp³-hybridized carbons (Fsp3) is 0.333. The first kappa shape index (κ1) is 29.3. The monoisotopic (exact) mass is 560 g/mol. The number of benzene rings is 2. The van der Waals surface area contributed by atoms with E-state index in [2.05, 4.69) is 25.9 Å². The molecule has 0 saturated carbocycles. The van der Waals surface area contributed by atoms with Crippen molar-refractivity contribution in [2.24, 2.45) is 11.7 Å². The molecule has 3 amide bonds. The van der Waals surface area contributed by atoms with Crippen LogP contribution in [0.3, 0.4) is 0 Å². The van der Waals surface area contributed by atoms with Crippen LogP contribution < -0.4 is 21.7 Å². The maximum atomic E-state index is 13.5. The van der Waals surface area contributed by atoms with E-state index < -0.39 is 47.9 Å². The molecule has 2 aromatic heterocycles. The van der Waals surface area contributed by atoms with Crippen molar-refractivity contribution >= 4 is 45.5 Å². The first-order valence-electron chi connectivity index (χ1n) is 13.5. The van der Waals surface area contributed by atoms with Crippen LogP contribution in [0.5, 0.6) is 0 Å². The largest absolute Gasteiger partial charge is 0.480 e. The van der Waals surface area contributed by atoms with Gasteiger partial charge in [0.15, 0.2) is 0 Å². The van der Waals surface area contributed by atoms with Crippen LogP contribution in [0.4, 0.5) is 0 Å². The Hall–Kier alpha value is -4.64. The quantitative estimate of drug-likeness (QED) is 0.139. The smallest absolute Gasteiger partial charge is 0.326 e. The normalized spacial score (nSPS) is 14.4. The standard InChI is InChI=1S/C30H36N6O5/c1-16(2)26(29(39)35-25(30(40)41)13-19-15-33-23-11-7-5-9-21(19)23)36-28(38)24(34-27(37)17(3)31)12-18-14-32-22-10-6-4-8-20(18)22/h4-11,14-17,24-26,32-33H,12-13,31H2,1-3H3,(H,34,37)(H,35,39)(H,36,38)(H,40,41). The number of carboxylic acids is 1. The molecule has 0 aliphatic heterocycles. The molecule has 11 heteroatoms. The summed E-state index contributed by atoms with van der Waals surface area (Å²) in [6, 6.07) is 10.9. The fourth-order valence-electron chi connectivity index (χ4n) is 4.80. The Labute approximate surface area is 237 Å². The summed E-state index contributed by atoms with van der Waals surface area (Å²) in [5.74, 6) is -3.30. The van der Waals surface area contributed by atoms with E-state index in [-0.39, 0.29) is 18.8 Å². The number of fused-ring (bicyclic) bond motifs is 2. The summed E-state index contributed by atoms with van der Waals surface area (Å²) in [6.45, 7) is 5.00. The zero-order valence-corrected chi connectivity index (χ0v) is 23.2. The first-order valence-corrected chi connectivity index (χ1v) is 13.5. The Morgan fingerprint density at radius 2 is 1.22 bits per heavy atom. The lowest BCUT2D eigenvalue weighted by molar-refractivity contribution is -0.142. The van der Waals surface area contributed by atoms with Crippen molar-refractivity contribution in [3.05, 3.63) is 72.1 Å². The molecule has 0 radical (unpaired) electrons. The highest BCUT2D eigenvalue weighted by Gasteiger charge is 2.32. The molecule has 216 valence electrons. The average molecular weight is 561 g/mol. The number of hydrogen-bond acceptors (Lipinski definition) is 5. The molecule has 0 fully saturated rings. The number of aliphatic carboxylic acids is 1. The highest BCUT2D eigenvalue weighted by atomic mass is 16.4. The molecule has 4 atom stereocenters. The molecular formula is C30H36N6O5. The molecule has 0 bridgehead atoms. The number of aromatic nitrogens is 2. The number of amides is 3. The Morgan fingerprint density at radius 1 is 0.732 bits per heavy atom. The van der Waals surface area contributed by atoms with E-state index in [1.807, 2.05) is 48.5 Å². The third-order valence-electron chi connectivity index (χ3n) is 7.11. The summed E-state index contributed by atoms with van der Waals surface area (Å²) >= 11 is 0. The van der Waals surface area contributed by atoms with Gasteiger partial charge in [-0.25, -0.2) is 4.79 Å². The van der Waals surface area contributed by atoms with E-state index in [4.69, 9.17) is 5.73 Å². The average Bonchev–Trinajstić information content (AvgIpc) is 3.54. The molecule has 0 aliphatic rings. The number of rotatable bonds is 12. The van der Waals surface area contributed by atoms with E-state index in [1.54, 1.807) is 26.2 Å². The molecule has 0 saturated heterocycles. The highest BCUT2D eigenvalue weighted by molar-refractivity contribution is 5.95. The highest BCUT2D eigenvalue weighted by Crippen LogP contribution is 2.21. The SMILES string of the molecule is CC(N)C(=O)NC(Cc1c[nH]c2ccccc12)C(=O)NC(C(=O)NC(Cc1c[nH]c2ccccc12)C(=O)O)C(C)C. The Bertz CT molecular complexity index is 1560. The minimum absolute atomic E-state index is 0.0531. The van der Waals surface area contributed by atoms with E-state index in [0.717, 1.165) is 32.9 Å². The molecule has 4 aromatic rings. The van der Waals surface area contributed by atoms with Gasteiger partial charge in [-0.1, -0.05) is 50.2 Å². The molecule has 2 aromatic carbocycles. The Kier molecular flexibility index (Phi) is 9.08. The zero-order chi connectivity index (χ0) is 29.7. The Morgan fingerprint density at radius 3 is 1.71 bits per heavy atom. The third kappa shape index (κ3) is 6.93. The van der Waals surface area contributed by atoms with Crippen molar-refractivity contribution in [1.82, 2.24) is 25.9 Å². The number of aromatic amines is 2. The topological polar surface area (TPSA) is 182 Å². The maximum absolute atomic E-state index is 13.5. The lowest BCUT2D eigenvalue weighted by Crippen LogP contribution is -2.58. The molecule has 2 heterocycles. The van der Waals surface area contributed by atoms with Gasteiger partial charge in [-0.05, 0) is 36.1 Å². The van der Waals surface area contributed by atoms with Gasteiger partial charge in [0.05, 0.1) is 6.04 Å². The van der Waals surface area contributed by atoms with E-state index in [1.165, 1.54) is 6.92 Å². The van der Waals surface area contributed by atoms with Gasteiger partial charge in [-0.2, -0.15) is 0 Å². The van der Waals surface area contributed by atoms with Gasteiger partial charge in [0, 0.05) is 47.0 Å². The number of carboxylic acid groups (broad SMARTS) is 1. The maximum Gasteiger partial charge on any atom is 0.326 e. The van der Waals surface area contributed by atoms with Crippen molar-refractivity contribution in [2.45, 2.75) is 57.8 Å². The van der Waals surface area contributed by atoms with Gasteiger partial charge in [0.25, 0.3) is 0 Å². The molecule has 8 N–H and O–H groups in total. The van der Waals surface area contributed by atoms with Crippen LogP contribution in [0.15, 0.2) is 60.9 Å². The summed E-state index contributed by atoms with van der Waals surface area (Å²) in [5.41, 5.74) is 9.05. The second-order valence-electron chi connectivity index (χ2n) is 10.6. The predicted molar refractivity (Wildman–Crippen MR) is 156 cm³/mol. The minimum atomic E-state index is -1.22. The number of H-pyrrole nitrogens is 2. The first-order chi connectivity index (χ1) is 19.5. The van der Waals surface area contributed by atoms with Gasteiger partial charge in [0.1, 0.15) is 18.1 Å². The van der Waals surface area contributed by atoms with Crippen molar-refractivity contribution in [2.75, 3.05) is 0 Å². The number of carbonyl (C=O) groups is 4. The summed E-state index contributed by atoms with van der Waals surface area (Å²) < 4.78 is 0. The molecule has 11 nitrogen and oxygen atoms in total. The minimum Gasteiger partial charge on any atom is -0.480 e. The molecular weight excluding hydrogens is 524 g/mol. The van der Waals surface area contributed by atoms with Gasteiger partial charge in [-0.15, -0.1) is 0 Å². The van der Waals surface area contributed by atoms with Gasteiger partial charge < -0.3 is 36.8 Å².